The summed E-state index contributed by atoms with van der Waals surface area (Å²) in [7, 11) is 0. The van der Waals surface area contributed by atoms with Crippen LogP contribution in [0.1, 0.15) is 24.6 Å². The molecule has 1 N–H and O–H groups in total. The smallest absolute Gasteiger partial charge is 0.308 e. The van der Waals surface area contributed by atoms with Crippen molar-refractivity contribution in [3.8, 4) is 5.75 Å². The van der Waals surface area contributed by atoms with Gasteiger partial charge in [0.2, 0.25) is 0 Å². The van der Waals surface area contributed by atoms with E-state index >= 15 is 0 Å². The normalized spacial score (nSPS) is 13.7. The minimum atomic E-state index is -0.291. The van der Waals surface area contributed by atoms with Gasteiger partial charge >= 0.3 is 5.97 Å². The van der Waals surface area contributed by atoms with Crippen LogP contribution >= 0.6 is 0 Å². The number of carbonyl (C=O) groups is 1. The molecule has 0 atom stereocenters. The molecule has 0 saturated carbocycles. The van der Waals surface area contributed by atoms with E-state index in [1.165, 1.54) is 23.6 Å². The summed E-state index contributed by atoms with van der Waals surface area (Å²) in [6.45, 7) is 1.41. The molecule has 1 aromatic carbocycles. The monoisotopic (exact) mass is 227 g/mol. The molecule has 17 heavy (non-hydrogen) atoms. The van der Waals surface area contributed by atoms with Gasteiger partial charge in [-0.1, -0.05) is 6.08 Å². The van der Waals surface area contributed by atoms with Gasteiger partial charge in [0, 0.05) is 29.6 Å². The molecule has 0 bridgehead atoms. The zero-order valence-corrected chi connectivity index (χ0v) is 9.62. The van der Waals surface area contributed by atoms with Crippen LogP contribution in [0.3, 0.4) is 0 Å². The quantitative estimate of drug-likeness (QED) is 0.601. The number of esters is 1. The second-order valence-electron chi connectivity index (χ2n) is 4.26. The fourth-order valence-corrected chi connectivity index (χ4v) is 2.33. The van der Waals surface area contributed by atoms with Crippen LogP contribution in [0.25, 0.3) is 17.0 Å². The Labute approximate surface area is 99.1 Å². The number of hydrogen-bond acceptors (Lipinski definition) is 2. The van der Waals surface area contributed by atoms with Gasteiger partial charge in [-0.05, 0) is 36.6 Å². The molecule has 3 nitrogen and oxygen atoms in total. The number of allylic oxidation sites excluding steroid dienone is 1. The van der Waals surface area contributed by atoms with Crippen molar-refractivity contribution in [2.45, 2.75) is 19.8 Å². The van der Waals surface area contributed by atoms with Crippen molar-refractivity contribution in [3.05, 3.63) is 35.5 Å². The Balaban J connectivity index is 2.12. The Hall–Kier alpha value is -2.03. The largest absolute Gasteiger partial charge is 0.427 e. The van der Waals surface area contributed by atoms with E-state index < -0.39 is 0 Å². The van der Waals surface area contributed by atoms with Crippen molar-refractivity contribution in [3.63, 3.8) is 0 Å². The van der Waals surface area contributed by atoms with Crippen LogP contribution in [0.4, 0.5) is 0 Å². The zero-order chi connectivity index (χ0) is 11.8. The van der Waals surface area contributed by atoms with E-state index in [4.69, 9.17) is 4.74 Å². The molecule has 0 aliphatic heterocycles. The van der Waals surface area contributed by atoms with Crippen molar-refractivity contribution < 1.29 is 9.53 Å². The molecule has 3 heteroatoms. The molecule has 0 spiro atoms. The summed E-state index contributed by atoms with van der Waals surface area (Å²) in [4.78, 5) is 14.3. The number of nitrogens with one attached hydrogen (secondary N) is 1. The number of fused-ring (bicyclic) bond motifs is 3. The highest BCUT2D eigenvalue weighted by atomic mass is 16.5. The van der Waals surface area contributed by atoms with Gasteiger partial charge < -0.3 is 9.72 Å². The lowest BCUT2D eigenvalue weighted by molar-refractivity contribution is -0.131. The molecule has 0 radical (unpaired) electrons. The number of ether oxygens (including phenoxy) is 1. The Morgan fingerprint density at radius 1 is 1.41 bits per heavy atom. The molecular formula is C14H13NO2. The molecule has 1 aromatic heterocycles. The molecular weight excluding hydrogens is 214 g/mol. The average Bonchev–Trinajstić information content (AvgIpc) is 2.65. The van der Waals surface area contributed by atoms with E-state index in [0.717, 1.165) is 18.4 Å². The van der Waals surface area contributed by atoms with Crippen LogP contribution in [0.2, 0.25) is 0 Å². The van der Waals surface area contributed by atoms with Crippen molar-refractivity contribution >= 4 is 22.9 Å². The molecule has 2 aromatic rings. The number of rotatable bonds is 1. The molecule has 1 aliphatic carbocycles. The van der Waals surface area contributed by atoms with E-state index in [-0.39, 0.29) is 5.97 Å². The van der Waals surface area contributed by atoms with Crippen LogP contribution in [-0.2, 0) is 11.2 Å². The maximum Gasteiger partial charge on any atom is 0.308 e. The van der Waals surface area contributed by atoms with Crippen LogP contribution < -0.4 is 4.74 Å². The van der Waals surface area contributed by atoms with Crippen molar-refractivity contribution in [1.29, 1.82) is 0 Å². The molecule has 3 rings (SSSR count). The first-order chi connectivity index (χ1) is 8.24. The van der Waals surface area contributed by atoms with Crippen LogP contribution in [0.5, 0.6) is 5.75 Å². The van der Waals surface area contributed by atoms with Gasteiger partial charge in [0.15, 0.2) is 0 Å². The van der Waals surface area contributed by atoms with E-state index in [1.54, 1.807) is 0 Å². The highest BCUT2D eigenvalue weighted by Gasteiger charge is 2.12. The standard InChI is InChI=1S/C14H13NO2/c1-9(16)17-10-6-7-12-11-4-2-3-5-13(11)15-14(12)8-10/h3,5-8,15H,2,4H2,1H3. The SMILES string of the molecule is CC(=O)Oc1ccc2c3c([nH]c2c1)C=CCC3. The highest BCUT2D eigenvalue weighted by Crippen LogP contribution is 2.30. The summed E-state index contributed by atoms with van der Waals surface area (Å²) in [5, 5.41) is 1.22. The molecule has 1 heterocycles. The Kier molecular flexibility index (Phi) is 2.25. The Bertz CT molecular complexity index is 622. The fourth-order valence-electron chi connectivity index (χ4n) is 2.33. The summed E-state index contributed by atoms with van der Waals surface area (Å²) in [5.41, 5.74) is 3.56. The predicted molar refractivity (Wildman–Crippen MR) is 67.0 cm³/mol. The number of aromatic nitrogens is 1. The number of H-pyrrole nitrogens is 1. The zero-order valence-electron chi connectivity index (χ0n) is 9.62. The molecule has 0 fully saturated rings. The third-order valence-corrected chi connectivity index (χ3v) is 3.02. The van der Waals surface area contributed by atoms with Gasteiger partial charge in [-0.15, -0.1) is 0 Å². The van der Waals surface area contributed by atoms with E-state index in [9.17, 15) is 4.79 Å². The second-order valence-corrected chi connectivity index (χ2v) is 4.26. The molecule has 0 unspecified atom stereocenters. The lowest BCUT2D eigenvalue weighted by atomic mass is 10.0. The van der Waals surface area contributed by atoms with Crippen molar-refractivity contribution in [2.24, 2.45) is 0 Å². The lowest BCUT2D eigenvalue weighted by Gasteiger charge is -2.04. The maximum atomic E-state index is 10.9. The van der Waals surface area contributed by atoms with Gasteiger partial charge in [-0.3, -0.25) is 4.79 Å². The number of benzene rings is 1. The molecule has 0 amide bonds. The van der Waals surface area contributed by atoms with Crippen molar-refractivity contribution in [1.82, 2.24) is 4.98 Å². The topological polar surface area (TPSA) is 42.1 Å². The summed E-state index contributed by atoms with van der Waals surface area (Å²) in [6.07, 6.45) is 6.44. The van der Waals surface area contributed by atoms with Gasteiger partial charge in [0.25, 0.3) is 0 Å². The first kappa shape index (κ1) is 10.1. The van der Waals surface area contributed by atoms with Crippen LogP contribution in [0.15, 0.2) is 24.3 Å². The fraction of sp³-hybridized carbons (Fsp3) is 0.214. The number of aromatic amines is 1. The van der Waals surface area contributed by atoms with E-state index in [1.807, 2.05) is 18.2 Å². The maximum absolute atomic E-state index is 10.9. The summed E-state index contributed by atoms with van der Waals surface area (Å²) >= 11 is 0. The van der Waals surface area contributed by atoms with Crippen molar-refractivity contribution in [2.75, 3.05) is 0 Å². The third kappa shape index (κ3) is 1.73. The molecule has 1 aliphatic rings. The van der Waals surface area contributed by atoms with Gasteiger partial charge in [0.1, 0.15) is 5.75 Å². The summed E-state index contributed by atoms with van der Waals surface area (Å²) in [6, 6.07) is 5.74. The highest BCUT2D eigenvalue weighted by molar-refractivity contribution is 5.89. The Morgan fingerprint density at radius 2 is 2.29 bits per heavy atom. The van der Waals surface area contributed by atoms with E-state index in [0.29, 0.717) is 5.75 Å². The average molecular weight is 227 g/mol. The first-order valence-electron chi connectivity index (χ1n) is 5.73. The number of aryl methyl sites for hydroxylation is 1. The first-order valence-corrected chi connectivity index (χ1v) is 5.73. The molecule has 86 valence electrons. The minimum absolute atomic E-state index is 0.291. The van der Waals surface area contributed by atoms with E-state index in [2.05, 4.69) is 17.1 Å². The van der Waals surface area contributed by atoms with Gasteiger partial charge in [-0.25, -0.2) is 0 Å². The third-order valence-electron chi connectivity index (χ3n) is 3.02. The summed E-state index contributed by atoms with van der Waals surface area (Å²) < 4.78 is 5.08. The van der Waals surface area contributed by atoms with Crippen LogP contribution in [-0.4, -0.2) is 11.0 Å². The summed E-state index contributed by atoms with van der Waals surface area (Å²) in [5.74, 6) is 0.299. The predicted octanol–water partition coefficient (Wildman–Crippen LogP) is 3.05. The number of carbonyl (C=O) groups excluding carboxylic acids is 1. The minimum Gasteiger partial charge on any atom is -0.427 e. The number of hydrogen-bond donors (Lipinski definition) is 1. The molecule has 0 saturated heterocycles. The lowest BCUT2D eigenvalue weighted by Crippen LogP contribution is -2.00. The second kappa shape index (κ2) is 3.77. The van der Waals surface area contributed by atoms with Gasteiger partial charge in [0.05, 0.1) is 0 Å². The van der Waals surface area contributed by atoms with Gasteiger partial charge in [-0.2, -0.15) is 0 Å². The van der Waals surface area contributed by atoms with Crippen LogP contribution in [0, 0.1) is 0 Å². The Morgan fingerprint density at radius 3 is 3.12 bits per heavy atom.